The number of hydrogen-bond donors (Lipinski definition) is 1. The van der Waals surface area contributed by atoms with Crippen LogP contribution in [0.4, 0.5) is 5.69 Å². The molecule has 1 aromatic heterocycles. The van der Waals surface area contributed by atoms with E-state index in [4.69, 9.17) is 5.73 Å². The minimum atomic E-state index is -0.503. The molecule has 0 bridgehead atoms. The molecule has 1 aliphatic rings. The maximum absolute atomic E-state index is 13.5. The average molecular weight is 457 g/mol. The lowest BCUT2D eigenvalue weighted by atomic mass is 10.1. The zero-order valence-electron chi connectivity index (χ0n) is 17.5. The van der Waals surface area contributed by atoms with Crippen LogP contribution in [0.3, 0.4) is 0 Å². The molecule has 1 aliphatic heterocycles. The molecule has 1 unspecified atom stereocenters. The standard InChI is InChI=1S/C24H20N6O2S/c25-23(32)17-10-12-18(13-11-17)24-26-28-29(27-24)14-22(31)30-19-8-4-5-9-21(19)33-15-20(30)16-6-2-1-3-7-16/h1-13,20H,14-15H2,(H2,25,32). The van der Waals surface area contributed by atoms with Gasteiger partial charge < -0.3 is 10.6 Å². The number of anilines is 1. The van der Waals surface area contributed by atoms with Crippen molar-refractivity contribution in [2.24, 2.45) is 5.73 Å². The van der Waals surface area contributed by atoms with E-state index in [9.17, 15) is 9.59 Å². The van der Waals surface area contributed by atoms with Crippen molar-refractivity contribution >= 4 is 29.3 Å². The van der Waals surface area contributed by atoms with Gasteiger partial charge in [-0.1, -0.05) is 54.6 Å². The molecule has 4 aromatic rings. The third-order valence-corrected chi connectivity index (χ3v) is 6.58. The first-order valence-corrected chi connectivity index (χ1v) is 11.4. The van der Waals surface area contributed by atoms with Gasteiger partial charge in [0.15, 0.2) is 0 Å². The fraction of sp³-hybridized carbons (Fsp3) is 0.125. The molecule has 164 valence electrons. The maximum Gasteiger partial charge on any atom is 0.251 e. The molecule has 33 heavy (non-hydrogen) atoms. The third-order valence-electron chi connectivity index (χ3n) is 5.44. The van der Waals surface area contributed by atoms with E-state index >= 15 is 0 Å². The van der Waals surface area contributed by atoms with E-state index in [1.54, 1.807) is 36.0 Å². The second-order valence-electron chi connectivity index (χ2n) is 7.55. The zero-order valence-corrected chi connectivity index (χ0v) is 18.4. The number of fused-ring (bicyclic) bond motifs is 1. The number of carbonyl (C=O) groups is 2. The molecule has 3 aromatic carbocycles. The van der Waals surface area contributed by atoms with Crippen molar-refractivity contribution in [1.82, 2.24) is 20.2 Å². The van der Waals surface area contributed by atoms with Crippen LogP contribution in [0.1, 0.15) is 22.0 Å². The number of tetrazole rings is 1. The first-order chi connectivity index (χ1) is 16.1. The van der Waals surface area contributed by atoms with Gasteiger partial charge >= 0.3 is 0 Å². The molecule has 0 radical (unpaired) electrons. The van der Waals surface area contributed by atoms with Gasteiger partial charge in [0.1, 0.15) is 6.54 Å². The van der Waals surface area contributed by atoms with Crippen LogP contribution >= 0.6 is 11.8 Å². The first kappa shape index (κ1) is 20.9. The van der Waals surface area contributed by atoms with Gasteiger partial charge in [-0.25, -0.2) is 0 Å². The van der Waals surface area contributed by atoms with Crippen molar-refractivity contribution in [3.63, 3.8) is 0 Å². The van der Waals surface area contributed by atoms with Crippen LogP contribution in [-0.2, 0) is 11.3 Å². The number of benzene rings is 3. The Bertz CT molecular complexity index is 1310. The Labute approximate surface area is 194 Å². The molecule has 0 fully saturated rings. The summed E-state index contributed by atoms with van der Waals surface area (Å²) in [7, 11) is 0. The molecule has 2 amide bonds. The number of amides is 2. The third kappa shape index (κ3) is 4.22. The van der Waals surface area contributed by atoms with Crippen LogP contribution in [0.5, 0.6) is 0 Å². The highest BCUT2D eigenvalue weighted by Crippen LogP contribution is 2.43. The lowest BCUT2D eigenvalue weighted by Crippen LogP contribution is -2.40. The predicted molar refractivity (Wildman–Crippen MR) is 126 cm³/mol. The minimum Gasteiger partial charge on any atom is -0.366 e. The van der Waals surface area contributed by atoms with E-state index < -0.39 is 5.91 Å². The summed E-state index contributed by atoms with van der Waals surface area (Å²) in [6.45, 7) is -0.0469. The van der Waals surface area contributed by atoms with Gasteiger partial charge in [0.05, 0.1) is 11.7 Å². The van der Waals surface area contributed by atoms with Crippen molar-refractivity contribution in [3.8, 4) is 11.4 Å². The molecular weight excluding hydrogens is 436 g/mol. The lowest BCUT2D eigenvalue weighted by molar-refractivity contribution is -0.120. The summed E-state index contributed by atoms with van der Waals surface area (Å²) < 4.78 is 0. The topological polar surface area (TPSA) is 107 Å². The minimum absolute atomic E-state index is 0.0469. The van der Waals surface area contributed by atoms with Crippen molar-refractivity contribution in [1.29, 1.82) is 0 Å². The summed E-state index contributed by atoms with van der Waals surface area (Å²) in [6.07, 6.45) is 0. The lowest BCUT2D eigenvalue weighted by Gasteiger charge is -2.37. The quantitative estimate of drug-likeness (QED) is 0.494. The molecule has 1 atom stereocenters. The van der Waals surface area contributed by atoms with Gasteiger partial charge in [0.2, 0.25) is 11.7 Å². The zero-order chi connectivity index (χ0) is 22.8. The second kappa shape index (κ2) is 8.87. The van der Waals surface area contributed by atoms with E-state index in [1.165, 1.54) is 4.80 Å². The van der Waals surface area contributed by atoms with Gasteiger partial charge in [-0.2, -0.15) is 4.80 Å². The Balaban J connectivity index is 1.41. The summed E-state index contributed by atoms with van der Waals surface area (Å²) in [6, 6.07) is 24.5. The summed E-state index contributed by atoms with van der Waals surface area (Å²) in [5.74, 6) is 0.504. The molecule has 2 N–H and O–H groups in total. The van der Waals surface area contributed by atoms with Crippen molar-refractivity contribution in [2.75, 3.05) is 10.7 Å². The van der Waals surface area contributed by atoms with Crippen molar-refractivity contribution in [3.05, 3.63) is 90.0 Å². The van der Waals surface area contributed by atoms with Crippen LogP contribution in [-0.4, -0.2) is 37.8 Å². The number of nitrogens with zero attached hydrogens (tertiary/aromatic N) is 5. The number of primary amides is 1. The highest BCUT2D eigenvalue weighted by molar-refractivity contribution is 7.99. The molecule has 8 nitrogen and oxygen atoms in total. The summed E-state index contributed by atoms with van der Waals surface area (Å²) in [4.78, 5) is 29.0. The number of rotatable bonds is 5. The normalized spacial score (nSPS) is 15.2. The van der Waals surface area contributed by atoms with Gasteiger partial charge in [-0.15, -0.1) is 22.0 Å². The van der Waals surface area contributed by atoms with Gasteiger partial charge in [0, 0.05) is 21.8 Å². The van der Waals surface area contributed by atoms with Crippen molar-refractivity contribution < 1.29 is 9.59 Å². The number of hydrogen-bond acceptors (Lipinski definition) is 6. The van der Waals surface area contributed by atoms with E-state index in [2.05, 4.69) is 15.4 Å². The van der Waals surface area contributed by atoms with E-state index in [0.717, 1.165) is 21.9 Å². The predicted octanol–water partition coefficient (Wildman–Crippen LogP) is 3.32. The van der Waals surface area contributed by atoms with Crippen LogP contribution in [0.2, 0.25) is 0 Å². The van der Waals surface area contributed by atoms with Gasteiger partial charge in [0.25, 0.3) is 5.91 Å². The Morgan fingerprint density at radius 3 is 2.45 bits per heavy atom. The summed E-state index contributed by atoms with van der Waals surface area (Å²) >= 11 is 1.75. The van der Waals surface area contributed by atoms with Crippen LogP contribution in [0.25, 0.3) is 11.4 Å². The number of aromatic nitrogens is 4. The van der Waals surface area contributed by atoms with E-state index in [1.807, 2.05) is 59.5 Å². The Kier molecular flexibility index (Phi) is 5.62. The monoisotopic (exact) mass is 456 g/mol. The molecule has 0 saturated heterocycles. The van der Waals surface area contributed by atoms with Crippen molar-refractivity contribution in [2.45, 2.75) is 17.5 Å². The van der Waals surface area contributed by atoms with E-state index in [0.29, 0.717) is 17.0 Å². The molecule has 0 saturated carbocycles. The molecule has 0 aliphatic carbocycles. The fourth-order valence-corrected chi connectivity index (χ4v) is 4.99. The van der Waals surface area contributed by atoms with Crippen LogP contribution < -0.4 is 10.6 Å². The molecular formula is C24H20N6O2S. The fourth-order valence-electron chi connectivity index (χ4n) is 3.82. The number of thioether (sulfide) groups is 1. The number of carbonyl (C=O) groups excluding carboxylic acids is 2. The Morgan fingerprint density at radius 2 is 1.70 bits per heavy atom. The smallest absolute Gasteiger partial charge is 0.251 e. The first-order valence-electron chi connectivity index (χ1n) is 10.4. The van der Waals surface area contributed by atoms with Gasteiger partial charge in [-0.05, 0) is 35.0 Å². The van der Waals surface area contributed by atoms with Crippen LogP contribution in [0.15, 0.2) is 83.8 Å². The highest BCUT2D eigenvalue weighted by Gasteiger charge is 2.32. The second-order valence-corrected chi connectivity index (χ2v) is 8.62. The van der Waals surface area contributed by atoms with Gasteiger partial charge in [-0.3, -0.25) is 9.59 Å². The largest absolute Gasteiger partial charge is 0.366 e. The van der Waals surface area contributed by atoms with Crippen LogP contribution in [0, 0.1) is 0 Å². The number of nitrogens with two attached hydrogens (primary N) is 1. The van der Waals surface area contributed by atoms with E-state index in [-0.39, 0.29) is 18.5 Å². The molecule has 2 heterocycles. The Morgan fingerprint density at radius 1 is 0.970 bits per heavy atom. The molecule has 5 rings (SSSR count). The SMILES string of the molecule is NC(=O)c1ccc(-c2nnn(CC(=O)N3c4ccccc4SCC3c3ccccc3)n2)cc1. The highest BCUT2D eigenvalue weighted by atomic mass is 32.2. The molecule has 0 spiro atoms. The Hall–Kier alpha value is -3.98. The summed E-state index contributed by atoms with van der Waals surface area (Å²) in [5.41, 5.74) is 8.33. The number of para-hydroxylation sites is 1. The molecule has 9 heteroatoms. The summed E-state index contributed by atoms with van der Waals surface area (Å²) in [5, 5.41) is 12.5. The average Bonchev–Trinajstić information content (AvgIpc) is 3.32. The maximum atomic E-state index is 13.5.